The number of hydrogen-bond acceptors (Lipinski definition) is 3. The summed E-state index contributed by atoms with van der Waals surface area (Å²) >= 11 is 0. The fourth-order valence-corrected chi connectivity index (χ4v) is 2.96. The zero-order valence-corrected chi connectivity index (χ0v) is 19.9. The van der Waals surface area contributed by atoms with E-state index in [1.807, 2.05) is 19.2 Å². The van der Waals surface area contributed by atoms with Crippen LogP contribution in [0.2, 0.25) is 0 Å². The summed E-state index contributed by atoms with van der Waals surface area (Å²) in [5.74, 6) is 2.48. The van der Waals surface area contributed by atoms with Crippen LogP contribution in [0.15, 0.2) is 29.3 Å². The van der Waals surface area contributed by atoms with Gasteiger partial charge in [0.25, 0.3) is 0 Å². The molecular formula is C21H35IN4O2. The molecule has 158 valence electrons. The Labute approximate surface area is 186 Å². The molecule has 1 aromatic rings. The Kier molecular flexibility index (Phi) is 11.3. The maximum Gasteiger partial charge on any atom is 0.222 e. The first-order valence-corrected chi connectivity index (χ1v) is 9.98. The highest BCUT2D eigenvalue weighted by Crippen LogP contribution is 2.14. The number of guanidine groups is 1. The number of carbonyl (C=O) groups is 1. The zero-order valence-electron chi connectivity index (χ0n) is 17.5. The van der Waals surface area contributed by atoms with E-state index >= 15 is 0 Å². The van der Waals surface area contributed by atoms with Gasteiger partial charge in [0.05, 0.1) is 6.61 Å². The van der Waals surface area contributed by atoms with Gasteiger partial charge in [-0.3, -0.25) is 9.79 Å². The minimum atomic E-state index is 0. The molecule has 1 amide bonds. The number of halogens is 1. The standard InChI is InChI=1S/C21H34N4O2.HI/c1-5-22-21(24-18-8-11-20(26)25(4)14-18)23-13-12-17-6-9-19(10-7-17)27-15-16(2)3;/h6-7,9-10,16,18H,5,8,11-15H2,1-4H3,(H2,22,23,24);1H. The number of nitrogens with zero attached hydrogens (tertiary/aromatic N) is 2. The smallest absolute Gasteiger partial charge is 0.222 e. The number of likely N-dealkylation sites (N-methyl/N-ethyl adjacent to an activating group) is 1. The molecule has 1 fully saturated rings. The Hall–Kier alpha value is -1.51. The molecule has 2 N–H and O–H groups in total. The van der Waals surface area contributed by atoms with Gasteiger partial charge in [-0.05, 0) is 43.4 Å². The van der Waals surface area contributed by atoms with Crippen LogP contribution in [0.3, 0.4) is 0 Å². The number of benzene rings is 1. The average molecular weight is 502 g/mol. The second-order valence-corrected chi connectivity index (χ2v) is 7.51. The van der Waals surface area contributed by atoms with Gasteiger partial charge in [-0.15, -0.1) is 24.0 Å². The van der Waals surface area contributed by atoms with Crippen molar-refractivity contribution >= 4 is 35.8 Å². The van der Waals surface area contributed by atoms with Crippen LogP contribution < -0.4 is 15.4 Å². The molecule has 1 atom stereocenters. The Morgan fingerprint density at radius 2 is 2.04 bits per heavy atom. The van der Waals surface area contributed by atoms with Crippen LogP contribution in [0.5, 0.6) is 5.75 Å². The van der Waals surface area contributed by atoms with E-state index in [0.717, 1.165) is 44.2 Å². The number of piperidine rings is 1. The molecule has 1 saturated heterocycles. The van der Waals surface area contributed by atoms with E-state index in [1.54, 1.807) is 4.90 Å². The first kappa shape index (κ1) is 24.5. The summed E-state index contributed by atoms with van der Waals surface area (Å²) in [6.07, 6.45) is 2.33. The second-order valence-electron chi connectivity index (χ2n) is 7.51. The third-order valence-electron chi connectivity index (χ3n) is 4.49. The lowest BCUT2D eigenvalue weighted by molar-refractivity contribution is -0.132. The lowest BCUT2D eigenvalue weighted by Crippen LogP contribution is -2.51. The molecule has 0 bridgehead atoms. The van der Waals surface area contributed by atoms with Crippen molar-refractivity contribution in [2.24, 2.45) is 10.9 Å². The Balaban J connectivity index is 0.00000392. The molecule has 0 radical (unpaired) electrons. The quantitative estimate of drug-likeness (QED) is 0.326. The van der Waals surface area contributed by atoms with E-state index in [0.29, 0.717) is 18.9 Å². The van der Waals surface area contributed by atoms with Gasteiger partial charge in [-0.1, -0.05) is 26.0 Å². The summed E-state index contributed by atoms with van der Waals surface area (Å²) in [6.45, 7) is 9.34. The molecule has 0 saturated carbocycles. The van der Waals surface area contributed by atoms with Crippen LogP contribution in [-0.2, 0) is 11.2 Å². The molecule has 1 aliphatic rings. The molecule has 7 heteroatoms. The molecule has 0 aliphatic carbocycles. The lowest BCUT2D eigenvalue weighted by atomic mass is 10.1. The predicted molar refractivity (Wildman–Crippen MR) is 126 cm³/mol. The third kappa shape index (κ3) is 8.67. The largest absolute Gasteiger partial charge is 0.493 e. The minimum absolute atomic E-state index is 0. The van der Waals surface area contributed by atoms with Crippen molar-refractivity contribution in [1.29, 1.82) is 0 Å². The van der Waals surface area contributed by atoms with E-state index in [2.05, 4.69) is 48.5 Å². The van der Waals surface area contributed by atoms with Crippen LogP contribution in [0.25, 0.3) is 0 Å². The molecular weight excluding hydrogens is 467 g/mol. The third-order valence-corrected chi connectivity index (χ3v) is 4.49. The number of carbonyl (C=O) groups excluding carboxylic acids is 1. The summed E-state index contributed by atoms with van der Waals surface area (Å²) in [5.41, 5.74) is 1.24. The topological polar surface area (TPSA) is 66.0 Å². The molecule has 1 aromatic carbocycles. The van der Waals surface area contributed by atoms with Crippen molar-refractivity contribution in [2.45, 2.75) is 46.1 Å². The SMILES string of the molecule is CCNC(=NCCc1ccc(OCC(C)C)cc1)NC1CCC(=O)N(C)C1.I. The summed E-state index contributed by atoms with van der Waals surface area (Å²) in [5, 5.41) is 6.75. The molecule has 2 rings (SSSR count). The number of amides is 1. The number of ether oxygens (including phenoxy) is 1. The maximum atomic E-state index is 11.6. The van der Waals surface area contributed by atoms with Crippen LogP contribution >= 0.6 is 24.0 Å². The van der Waals surface area contributed by atoms with Gasteiger partial charge in [-0.25, -0.2) is 0 Å². The van der Waals surface area contributed by atoms with E-state index in [4.69, 9.17) is 4.74 Å². The number of rotatable bonds is 8. The Bertz CT molecular complexity index is 619. The van der Waals surface area contributed by atoms with E-state index < -0.39 is 0 Å². The molecule has 1 heterocycles. The summed E-state index contributed by atoms with van der Waals surface area (Å²) < 4.78 is 5.72. The predicted octanol–water partition coefficient (Wildman–Crippen LogP) is 3.06. The molecule has 1 aliphatic heterocycles. The lowest BCUT2D eigenvalue weighted by Gasteiger charge is -2.31. The number of likely N-dealkylation sites (tertiary alicyclic amines) is 1. The van der Waals surface area contributed by atoms with E-state index in [9.17, 15) is 4.79 Å². The van der Waals surface area contributed by atoms with Crippen LogP contribution in [-0.4, -0.2) is 56.1 Å². The molecule has 0 aromatic heterocycles. The van der Waals surface area contributed by atoms with Gasteiger partial charge >= 0.3 is 0 Å². The fourth-order valence-electron chi connectivity index (χ4n) is 2.96. The van der Waals surface area contributed by atoms with E-state index in [1.165, 1.54) is 5.56 Å². The first-order chi connectivity index (χ1) is 13.0. The number of hydrogen-bond donors (Lipinski definition) is 2. The first-order valence-electron chi connectivity index (χ1n) is 9.98. The summed E-state index contributed by atoms with van der Waals surface area (Å²) in [6, 6.07) is 8.52. The molecule has 0 spiro atoms. The Morgan fingerprint density at radius 1 is 1.32 bits per heavy atom. The van der Waals surface area contributed by atoms with Crippen molar-refractivity contribution in [1.82, 2.24) is 15.5 Å². The zero-order chi connectivity index (χ0) is 19.6. The minimum Gasteiger partial charge on any atom is -0.493 e. The van der Waals surface area contributed by atoms with Crippen molar-refractivity contribution < 1.29 is 9.53 Å². The van der Waals surface area contributed by atoms with Crippen molar-refractivity contribution in [3.8, 4) is 5.75 Å². The molecule has 28 heavy (non-hydrogen) atoms. The molecule has 6 nitrogen and oxygen atoms in total. The van der Waals surface area contributed by atoms with Gasteiger partial charge in [0.15, 0.2) is 5.96 Å². The second kappa shape index (κ2) is 12.9. The highest BCUT2D eigenvalue weighted by Gasteiger charge is 2.23. The van der Waals surface area contributed by atoms with Crippen molar-refractivity contribution in [3.05, 3.63) is 29.8 Å². The summed E-state index contributed by atoms with van der Waals surface area (Å²) in [4.78, 5) is 18.1. The highest BCUT2D eigenvalue weighted by atomic mass is 127. The average Bonchev–Trinajstić information content (AvgIpc) is 2.64. The fraction of sp³-hybridized carbons (Fsp3) is 0.619. The van der Waals surface area contributed by atoms with Crippen LogP contribution in [0.4, 0.5) is 0 Å². The number of nitrogens with one attached hydrogen (secondary N) is 2. The van der Waals surface area contributed by atoms with E-state index in [-0.39, 0.29) is 35.9 Å². The van der Waals surface area contributed by atoms with Crippen LogP contribution in [0.1, 0.15) is 39.2 Å². The van der Waals surface area contributed by atoms with Crippen molar-refractivity contribution in [2.75, 3.05) is 33.3 Å². The monoisotopic (exact) mass is 502 g/mol. The van der Waals surface area contributed by atoms with Gasteiger partial charge < -0.3 is 20.3 Å². The normalized spacial score (nSPS) is 17.3. The van der Waals surface area contributed by atoms with Crippen molar-refractivity contribution in [3.63, 3.8) is 0 Å². The van der Waals surface area contributed by atoms with Gasteiger partial charge in [0, 0.05) is 39.1 Å². The Morgan fingerprint density at radius 3 is 2.64 bits per heavy atom. The highest BCUT2D eigenvalue weighted by molar-refractivity contribution is 14.0. The number of aliphatic imine (C=N–C) groups is 1. The van der Waals surface area contributed by atoms with Gasteiger partial charge in [0.2, 0.25) is 5.91 Å². The summed E-state index contributed by atoms with van der Waals surface area (Å²) in [7, 11) is 1.86. The van der Waals surface area contributed by atoms with Gasteiger partial charge in [-0.2, -0.15) is 0 Å². The molecule has 1 unspecified atom stereocenters. The van der Waals surface area contributed by atoms with Crippen LogP contribution in [0, 0.1) is 5.92 Å². The van der Waals surface area contributed by atoms with Gasteiger partial charge in [0.1, 0.15) is 5.75 Å². The maximum absolute atomic E-state index is 11.6.